The second kappa shape index (κ2) is 10.6. The molecule has 0 bridgehead atoms. The lowest BCUT2D eigenvalue weighted by atomic mass is 9.34. The second-order valence-corrected chi connectivity index (χ2v) is 15.1. The SMILES string of the molecule is C=C(C)C1CCC2(COC(C)=O)CCC3(C)C(C)(CC)C(C(C)(CCC(C)CC)C(C)C)CCC3(N)C12. The van der Waals surface area contributed by atoms with E-state index in [1.165, 1.54) is 37.7 Å². The van der Waals surface area contributed by atoms with Crippen LogP contribution in [0, 0.1) is 51.2 Å². The van der Waals surface area contributed by atoms with Crippen molar-refractivity contribution in [3.05, 3.63) is 12.2 Å². The minimum atomic E-state index is -0.276. The number of hydrogen-bond acceptors (Lipinski definition) is 3. The van der Waals surface area contributed by atoms with E-state index in [4.69, 9.17) is 10.5 Å². The molecule has 9 unspecified atom stereocenters. The van der Waals surface area contributed by atoms with E-state index in [0.717, 1.165) is 38.0 Å². The largest absolute Gasteiger partial charge is 0.465 e. The van der Waals surface area contributed by atoms with E-state index in [2.05, 4.69) is 68.9 Å². The van der Waals surface area contributed by atoms with Crippen molar-refractivity contribution in [2.24, 2.45) is 57.0 Å². The van der Waals surface area contributed by atoms with Gasteiger partial charge in [0.1, 0.15) is 0 Å². The Labute approximate surface area is 230 Å². The van der Waals surface area contributed by atoms with Gasteiger partial charge < -0.3 is 10.5 Å². The molecule has 214 valence electrons. The molecule has 2 N–H and O–H groups in total. The van der Waals surface area contributed by atoms with E-state index in [9.17, 15) is 4.79 Å². The van der Waals surface area contributed by atoms with Crippen LogP contribution in [0.4, 0.5) is 0 Å². The zero-order chi connectivity index (χ0) is 28.0. The van der Waals surface area contributed by atoms with Gasteiger partial charge in [-0.25, -0.2) is 0 Å². The van der Waals surface area contributed by atoms with Crippen molar-refractivity contribution in [1.82, 2.24) is 0 Å². The molecule has 0 amide bonds. The highest BCUT2D eigenvalue weighted by molar-refractivity contribution is 5.66. The average molecular weight is 516 g/mol. The molecule has 0 aliphatic heterocycles. The highest BCUT2D eigenvalue weighted by Gasteiger charge is 2.72. The van der Waals surface area contributed by atoms with Crippen LogP contribution in [-0.4, -0.2) is 18.1 Å². The summed E-state index contributed by atoms with van der Waals surface area (Å²) in [5.74, 6) is 2.66. The number of esters is 1. The van der Waals surface area contributed by atoms with Crippen molar-refractivity contribution < 1.29 is 9.53 Å². The Morgan fingerprint density at radius 1 is 1.08 bits per heavy atom. The molecule has 37 heavy (non-hydrogen) atoms. The van der Waals surface area contributed by atoms with E-state index >= 15 is 0 Å². The van der Waals surface area contributed by atoms with Crippen LogP contribution in [0.5, 0.6) is 0 Å². The Bertz CT molecular complexity index is 851. The maximum absolute atomic E-state index is 11.9. The molecule has 0 spiro atoms. The van der Waals surface area contributed by atoms with Crippen molar-refractivity contribution in [2.75, 3.05) is 6.61 Å². The van der Waals surface area contributed by atoms with E-state index in [1.807, 2.05) is 0 Å². The summed E-state index contributed by atoms with van der Waals surface area (Å²) >= 11 is 0. The first-order valence-corrected chi connectivity index (χ1v) is 15.7. The Morgan fingerprint density at radius 3 is 2.24 bits per heavy atom. The molecule has 9 atom stereocenters. The van der Waals surface area contributed by atoms with Gasteiger partial charge in [-0.05, 0) is 104 Å². The minimum absolute atomic E-state index is 0.0110. The lowest BCUT2D eigenvalue weighted by molar-refractivity contribution is -0.215. The highest BCUT2D eigenvalue weighted by Crippen LogP contribution is 2.74. The Kier molecular flexibility index (Phi) is 8.82. The van der Waals surface area contributed by atoms with Gasteiger partial charge in [-0.15, -0.1) is 0 Å². The van der Waals surface area contributed by atoms with E-state index in [0.29, 0.717) is 35.7 Å². The molecule has 0 aromatic carbocycles. The first-order valence-electron chi connectivity index (χ1n) is 15.7. The summed E-state index contributed by atoms with van der Waals surface area (Å²) in [5, 5.41) is 0. The van der Waals surface area contributed by atoms with Gasteiger partial charge in [0.2, 0.25) is 0 Å². The van der Waals surface area contributed by atoms with Crippen molar-refractivity contribution in [3.8, 4) is 0 Å². The summed E-state index contributed by atoms with van der Waals surface area (Å²) in [7, 11) is 0. The molecular weight excluding hydrogens is 454 g/mol. The van der Waals surface area contributed by atoms with Gasteiger partial charge >= 0.3 is 5.97 Å². The van der Waals surface area contributed by atoms with Gasteiger partial charge in [-0.3, -0.25) is 4.79 Å². The van der Waals surface area contributed by atoms with Crippen molar-refractivity contribution in [1.29, 1.82) is 0 Å². The zero-order valence-electron chi connectivity index (χ0n) is 26.3. The van der Waals surface area contributed by atoms with Gasteiger partial charge in [0.05, 0.1) is 6.61 Å². The first kappa shape index (κ1) is 30.7. The smallest absolute Gasteiger partial charge is 0.302 e. The van der Waals surface area contributed by atoms with Gasteiger partial charge in [0.25, 0.3) is 0 Å². The Hall–Kier alpha value is -0.830. The van der Waals surface area contributed by atoms with Crippen LogP contribution in [0.25, 0.3) is 0 Å². The van der Waals surface area contributed by atoms with Crippen molar-refractivity contribution in [3.63, 3.8) is 0 Å². The van der Waals surface area contributed by atoms with Gasteiger partial charge in [-0.2, -0.15) is 0 Å². The Morgan fingerprint density at radius 2 is 1.73 bits per heavy atom. The molecule has 0 aromatic rings. The highest BCUT2D eigenvalue weighted by atomic mass is 16.5. The fourth-order valence-electron chi connectivity index (χ4n) is 10.1. The fraction of sp³-hybridized carbons (Fsp3) is 0.912. The molecule has 3 fully saturated rings. The van der Waals surface area contributed by atoms with Crippen LogP contribution >= 0.6 is 0 Å². The Balaban J connectivity index is 2.10. The van der Waals surface area contributed by atoms with Crippen LogP contribution in [0.3, 0.4) is 0 Å². The standard InChI is InChI=1S/C34H61NO2/c1-12-25(7)14-17-30(9,24(5)6)28-16-19-34(35)29-27(23(3)4)15-18-33(29,22-37-26(8)36)21-20-32(34,11)31(28,10)13-2/h24-25,27-29H,3,12-22,35H2,1-2,4-11H3. The number of carbonyl (C=O) groups excluding carboxylic acids is 1. The summed E-state index contributed by atoms with van der Waals surface area (Å²) in [4.78, 5) is 11.9. The molecule has 0 saturated heterocycles. The second-order valence-electron chi connectivity index (χ2n) is 15.1. The number of fused-ring (bicyclic) bond motifs is 3. The molecule has 3 nitrogen and oxygen atoms in total. The molecule has 3 aliphatic rings. The van der Waals surface area contributed by atoms with E-state index in [1.54, 1.807) is 6.92 Å². The quantitative estimate of drug-likeness (QED) is 0.233. The number of hydrogen-bond donors (Lipinski definition) is 1. The third kappa shape index (κ3) is 4.66. The summed E-state index contributed by atoms with van der Waals surface area (Å²) < 4.78 is 5.80. The third-order valence-corrected chi connectivity index (χ3v) is 13.5. The lowest BCUT2D eigenvalue weighted by Gasteiger charge is -2.72. The normalized spacial score (nSPS) is 42.0. The summed E-state index contributed by atoms with van der Waals surface area (Å²) in [6.07, 6.45) is 11.8. The van der Waals surface area contributed by atoms with Crippen LogP contribution < -0.4 is 5.73 Å². The van der Waals surface area contributed by atoms with E-state index < -0.39 is 0 Å². The number of nitrogens with two attached hydrogens (primary N) is 1. The number of rotatable bonds is 10. The fourth-order valence-corrected chi connectivity index (χ4v) is 10.1. The summed E-state index contributed by atoms with van der Waals surface area (Å²) in [6.45, 7) is 28.7. The molecule has 3 aliphatic carbocycles. The van der Waals surface area contributed by atoms with E-state index in [-0.39, 0.29) is 27.8 Å². The van der Waals surface area contributed by atoms with Crippen LogP contribution in [-0.2, 0) is 9.53 Å². The number of carbonyl (C=O) groups is 1. The monoisotopic (exact) mass is 515 g/mol. The predicted octanol–water partition coefficient (Wildman–Crippen LogP) is 8.95. The van der Waals surface area contributed by atoms with Crippen LogP contribution in [0.1, 0.15) is 133 Å². The maximum Gasteiger partial charge on any atom is 0.302 e. The molecule has 0 aromatic heterocycles. The summed E-state index contributed by atoms with van der Waals surface area (Å²) in [6, 6.07) is 0. The molecule has 3 saturated carbocycles. The topological polar surface area (TPSA) is 52.3 Å². The molecule has 3 rings (SSSR count). The van der Waals surface area contributed by atoms with Gasteiger partial charge in [-0.1, -0.05) is 80.4 Å². The van der Waals surface area contributed by atoms with Crippen LogP contribution in [0.2, 0.25) is 0 Å². The lowest BCUT2D eigenvalue weighted by Crippen LogP contribution is -2.75. The van der Waals surface area contributed by atoms with Crippen molar-refractivity contribution >= 4 is 5.97 Å². The molecule has 3 heteroatoms. The zero-order valence-corrected chi connectivity index (χ0v) is 26.3. The van der Waals surface area contributed by atoms with Crippen molar-refractivity contribution in [2.45, 2.75) is 139 Å². The third-order valence-electron chi connectivity index (χ3n) is 13.5. The average Bonchev–Trinajstić information content (AvgIpc) is 3.24. The predicted molar refractivity (Wildman–Crippen MR) is 157 cm³/mol. The maximum atomic E-state index is 11.9. The first-order chi connectivity index (χ1) is 17.1. The number of allylic oxidation sites excluding steroid dienone is 1. The molecule has 0 radical (unpaired) electrons. The van der Waals surface area contributed by atoms with Gasteiger partial charge in [0.15, 0.2) is 0 Å². The molecular formula is C34H61NO2. The van der Waals surface area contributed by atoms with Gasteiger partial charge in [0, 0.05) is 17.9 Å². The van der Waals surface area contributed by atoms with Crippen LogP contribution in [0.15, 0.2) is 12.2 Å². The summed E-state index contributed by atoms with van der Waals surface area (Å²) in [5.41, 5.74) is 9.37. The molecule has 0 heterocycles. The minimum Gasteiger partial charge on any atom is -0.465 e. The number of ether oxygens (including phenoxy) is 1.